The Balaban J connectivity index is 2.41. The van der Waals surface area contributed by atoms with Crippen molar-refractivity contribution in [2.24, 2.45) is 0 Å². The molecule has 0 aliphatic rings. The van der Waals surface area contributed by atoms with Crippen LogP contribution in [-0.4, -0.2) is 24.9 Å². The number of hydrogen-bond acceptors (Lipinski definition) is 4. The monoisotopic (exact) mass is 238 g/mol. The molecule has 6 heteroatoms. The highest BCUT2D eigenvalue weighted by atomic mass is 35.5. The maximum atomic E-state index is 10.1. The summed E-state index contributed by atoms with van der Waals surface area (Å²) in [6.45, 7) is 2.57. The average molecular weight is 239 g/mol. The second-order valence-electron chi connectivity index (χ2n) is 3.23. The van der Waals surface area contributed by atoms with E-state index < -0.39 is 6.10 Å². The van der Waals surface area contributed by atoms with Crippen LogP contribution in [0.2, 0.25) is 5.02 Å². The lowest BCUT2D eigenvalue weighted by atomic mass is 10.2. The third kappa shape index (κ3) is 1.91. The van der Waals surface area contributed by atoms with Crippen molar-refractivity contribution in [3.63, 3.8) is 0 Å². The van der Waals surface area contributed by atoms with Crippen molar-refractivity contribution in [3.8, 4) is 0 Å². The van der Waals surface area contributed by atoms with E-state index in [1.807, 2.05) is 6.92 Å². The summed E-state index contributed by atoms with van der Waals surface area (Å²) in [6, 6.07) is 0. The van der Waals surface area contributed by atoms with Crippen LogP contribution in [0.3, 0.4) is 0 Å². The van der Waals surface area contributed by atoms with Gasteiger partial charge >= 0.3 is 0 Å². The Bertz CT molecular complexity index is 471. The minimum Gasteiger partial charge on any atom is -0.380 e. The van der Waals surface area contributed by atoms with E-state index in [1.165, 1.54) is 18.6 Å². The lowest BCUT2D eigenvalue weighted by Gasteiger charge is -2.11. The maximum Gasteiger partial charge on any atom is 0.140 e. The number of hydrogen-bond donors (Lipinski definition) is 1. The Morgan fingerprint density at radius 2 is 2.25 bits per heavy atom. The van der Waals surface area contributed by atoms with Crippen molar-refractivity contribution >= 4 is 11.6 Å². The quantitative estimate of drug-likeness (QED) is 0.879. The Kier molecular flexibility index (Phi) is 3.17. The maximum absolute atomic E-state index is 10.1. The molecule has 1 atom stereocenters. The van der Waals surface area contributed by atoms with Crippen LogP contribution in [0.15, 0.2) is 24.8 Å². The fourth-order valence-electron chi connectivity index (χ4n) is 1.49. The zero-order chi connectivity index (χ0) is 11.5. The average Bonchev–Trinajstić information content (AvgIpc) is 2.70. The van der Waals surface area contributed by atoms with E-state index in [1.54, 1.807) is 10.9 Å². The van der Waals surface area contributed by atoms with Crippen LogP contribution >= 0.6 is 11.6 Å². The van der Waals surface area contributed by atoms with Crippen molar-refractivity contribution < 1.29 is 5.11 Å². The fraction of sp³-hybridized carbons (Fsp3) is 0.300. The van der Waals surface area contributed by atoms with Crippen LogP contribution in [0.4, 0.5) is 0 Å². The van der Waals surface area contributed by atoms with E-state index in [0.717, 1.165) is 0 Å². The first-order valence-electron chi connectivity index (χ1n) is 4.89. The van der Waals surface area contributed by atoms with Crippen molar-refractivity contribution in [3.05, 3.63) is 41.2 Å². The molecule has 0 radical (unpaired) electrons. The van der Waals surface area contributed by atoms with E-state index in [0.29, 0.717) is 23.0 Å². The SMILES string of the molecule is CCn1ncc(Cl)c1C(O)c1cnccn1. The standard InChI is InChI=1S/C10H11ClN4O/c1-2-15-9(7(11)5-14-15)10(16)8-6-12-3-4-13-8/h3-6,10,16H,2H2,1H3. The van der Waals surface area contributed by atoms with Gasteiger partial charge in [0.1, 0.15) is 6.10 Å². The molecule has 0 spiro atoms. The summed E-state index contributed by atoms with van der Waals surface area (Å²) in [5.41, 5.74) is 1.00. The van der Waals surface area contributed by atoms with Crippen LogP contribution in [-0.2, 0) is 6.54 Å². The molecule has 0 fully saturated rings. The van der Waals surface area contributed by atoms with Gasteiger partial charge in [0.25, 0.3) is 0 Å². The summed E-state index contributed by atoms with van der Waals surface area (Å²) in [5, 5.41) is 14.6. The molecule has 2 aromatic heterocycles. The first-order chi connectivity index (χ1) is 7.74. The molecule has 0 aliphatic heterocycles. The van der Waals surface area contributed by atoms with Crippen molar-refractivity contribution in [2.45, 2.75) is 19.6 Å². The van der Waals surface area contributed by atoms with Crippen molar-refractivity contribution in [1.29, 1.82) is 0 Å². The van der Waals surface area contributed by atoms with Gasteiger partial charge in [-0.1, -0.05) is 11.6 Å². The molecule has 2 aromatic rings. The van der Waals surface area contributed by atoms with Gasteiger partial charge in [-0.15, -0.1) is 0 Å². The van der Waals surface area contributed by atoms with Gasteiger partial charge in [-0.25, -0.2) is 0 Å². The Morgan fingerprint density at radius 3 is 2.88 bits per heavy atom. The predicted octanol–water partition coefficient (Wildman–Crippen LogP) is 1.43. The molecule has 84 valence electrons. The minimum atomic E-state index is -0.899. The highest BCUT2D eigenvalue weighted by molar-refractivity contribution is 6.31. The molecule has 16 heavy (non-hydrogen) atoms. The smallest absolute Gasteiger partial charge is 0.140 e. The second kappa shape index (κ2) is 4.59. The number of aromatic nitrogens is 4. The summed E-state index contributed by atoms with van der Waals surface area (Å²) in [4.78, 5) is 7.94. The van der Waals surface area contributed by atoms with Gasteiger partial charge in [0.2, 0.25) is 0 Å². The largest absolute Gasteiger partial charge is 0.380 e. The summed E-state index contributed by atoms with van der Waals surface area (Å²) in [6.07, 6.45) is 5.20. The van der Waals surface area contributed by atoms with Gasteiger partial charge < -0.3 is 5.11 Å². The molecule has 2 rings (SSSR count). The second-order valence-corrected chi connectivity index (χ2v) is 3.63. The highest BCUT2D eigenvalue weighted by Crippen LogP contribution is 2.26. The molecule has 0 aromatic carbocycles. The van der Waals surface area contributed by atoms with Gasteiger partial charge in [0.15, 0.2) is 0 Å². The molecular formula is C10H11ClN4O. The van der Waals surface area contributed by atoms with Crippen LogP contribution < -0.4 is 0 Å². The first kappa shape index (κ1) is 11.0. The molecule has 0 amide bonds. The lowest BCUT2D eigenvalue weighted by Crippen LogP contribution is -2.10. The number of nitrogens with zero attached hydrogens (tertiary/aromatic N) is 4. The normalized spacial score (nSPS) is 12.7. The Hall–Kier alpha value is -1.46. The zero-order valence-electron chi connectivity index (χ0n) is 8.71. The zero-order valence-corrected chi connectivity index (χ0v) is 9.46. The number of rotatable bonds is 3. The van der Waals surface area contributed by atoms with Crippen molar-refractivity contribution in [1.82, 2.24) is 19.7 Å². The summed E-state index contributed by atoms with van der Waals surface area (Å²) < 4.78 is 1.64. The molecule has 0 saturated heterocycles. The van der Waals surface area contributed by atoms with Gasteiger partial charge in [0, 0.05) is 18.9 Å². The van der Waals surface area contributed by atoms with E-state index in [2.05, 4.69) is 15.1 Å². The first-order valence-corrected chi connectivity index (χ1v) is 5.27. The Labute approximate surface area is 97.7 Å². The van der Waals surface area contributed by atoms with Crippen LogP contribution in [0.5, 0.6) is 0 Å². The number of aryl methyl sites for hydroxylation is 1. The van der Waals surface area contributed by atoms with E-state index in [-0.39, 0.29) is 0 Å². The highest BCUT2D eigenvalue weighted by Gasteiger charge is 2.20. The van der Waals surface area contributed by atoms with Crippen LogP contribution in [0.1, 0.15) is 24.4 Å². The van der Waals surface area contributed by atoms with Crippen molar-refractivity contribution in [2.75, 3.05) is 0 Å². The molecule has 1 N–H and O–H groups in total. The predicted molar refractivity (Wildman–Crippen MR) is 59.0 cm³/mol. The molecule has 0 bridgehead atoms. The number of aliphatic hydroxyl groups is 1. The summed E-state index contributed by atoms with van der Waals surface area (Å²) in [7, 11) is 0. The van der Waals surface area contributed by atoms with E-state index >= 15 is 0 Å². The Morgan fingerprint density at radius 1 is 1.44 bits per heavy atom. The van der Waals surface area contributed by atoms with Crippen LogP contribution in [0.25, 0.3) is 0 Å². The number of aliphatic hydroxyl groups excluding tert-OH is 1. The molecule has 5 nitrogen and oxygen atoms in total. The fourth-order valence-corrected chi connectivity index (χ4v) is 1.73. The van der Waals surface area contributed by atoms with Gasteiger partial charge in [-0.2, -0.15) is 5.10 Å². The topological polar surface area (TPSA) is 63.8 Å². The summed E-state index contributed by atoms with van der Waals surface area (Å²) in [5.74, 6) is 0. The number of halogens is 1. The molecular weight excluding hydrogens is 228 g/mol. The minimum absolute atomic E-state index is 0.431. The third-order valence-electron chi connectivity index (χ3n) is 2.26. The third-order valence-corrected chi connectivity index (χ3v) is 2.55. The lowest BCUT2D eigenvalue weighted by molar-refractivity contribution is 0.203. The van der Waals surface area contributed by atoms with Gasteiger partial charge in [-0.3, -0.25) is 14.6 Å². The molecule has 0 saturated carbocycles. The summed E-state index contributed by atoms with van der Waals surface area (Å²) >= 11 is 5.98. The molecule has 0 aliphatic carbocycles. The van der Waals surface area contributed by atoms with E-state index in [9.17, 15) is 5.11 Å². The molecule has 1 unspecified atom stereocenters. The van der Waals surface area contributed by atoms with Crippen LogP contribution in [0, 0.1) is 0 Å². The molecule has 2 heterocycles. The van der Waals surface area contributed by atoms with Gasteiger partial charge in [-0.05, 0) is 6.92 Å². The van der Waals surface area contributed by atoms with Gasteiger partial charge in [0.05, 0.1) is 28.8 Å². The van der Waals surface area contributed by atoms with E-state index in [4.69, 9.17) is 11.6 Å².